The normalized spacial score (nSPS) is 11.2. The summed E-state index contributed by atoms with van der Waals surface area (Å²) < 4.78 is 12.7. The molecule has 0 atom stereocenters. The number of methoxy groups -OCH3 is 1. The second-order valence-corrected chi connectivity index (χ2v) is 5.32. The molecule has 0 fully saturated rings. The van der Waals surface area contributed by atoms with Crippen molar-refractivity contribution in [2.75, 3.05) is 7.11 Å². The van der Waals surface area contributed by atoms with Gasteiger partial charge in [0, 0.05) is 6.20 Å². The topological polar surface area (TPSA) is 96.9 Å². The van der Waals surface area contributed by atoms with E-state index in [4.69, 9.17) is 19.8 Å². The van der Waals surface area contributed by atoms with Crippen molar-refractivity contribution in [3.63, 3.8) is 0 Å². The molecule has 0 bridgehead atoms. The van der Waals surface area contributed by atoms with Crippen LogP contribution in [0.2, 0.25) is 0 Å². The van der Waals surface area contributed by atoms with Crippen molar-refractivity contribution < 1.29 is 19.4 Å². The number of aliphatic carboxylic acids is 1. The lowest BCUT2D eigenvalue weighted by Gasteiger charge is -2.07. The summed E-state index contributed by atoms with van der Waals surface area (Å²) in [5.74, 6) is -0.598. The number of nitrogens with zero attached hydrogens (tertiary/aromatic N) is 3. The van der Waals surface area contributed by atoms with E-state index in [1.54, 1.807) is 28.8 Å². The summed E-state index contributed by atoms with van der Waals surface area (Å²) >= 11 is 0. The van der Waals surface area contributed by atoms with Crippen LogP contribution in [0.5, 0.6) is 11.6 Å². The first kappa shape index (κ1) is 17.0. The SMILES string of the molecule is COc1nc2c(OCc3ccccc3)cccn2c1C=C(C#N)C(=O)O. The summed E-state index contributed by atoms with van der Waals surface area (Å²) in [6, 6.07) is 14.8. The number of ether oxygens (including phenoxy) is 2. The minimum absolute atomic E-state index is 0.203. The van der Waals surface area contributed by atoms with Gasteiger partial charge in [-0.3, -0.25) is 4.40 Å². The molecule has 0 aliphatic carbocycles. The molecule has 1 aromatic carbocycles. The minimum Gasteiger partial charge on any atom is -0.485 e. The van der Waals surface area contributed by atoms with E-state index in [0.717, 1.165) is 5.56 Å². The summed E-state index contributed by atoms with van der Waals surface area (Å²) in [7, 11) is 1.43. The van der Waals surface area contributed by atoms with Gasteiger partial charge in [-0.25, -0.2) is 4.79 Å². The molecule has 2 aromatic heterocycles. The van der Waals surface area contributed by atoms with Crippen LogP contribution in [0.1, 0.15) is 11.3 Å². The Morgan fingerprint density at radius 3 is 2.73 bits per heavy atom. The summed E-state index contributed by atoms with van der Waals surface area (Å²) in [6.45, 7) is 0.361. The zero-order chi connectivity index (χ0) is 18.5. The number of carbonyl (C=O) groups is 1. The lowest BCUT2D eigenvalue weighted by molar-refractivity contribution is -0.132. The van der Waals surface area contributed by atoms with E-state index < -0.39 is 11.5 Å². The standard InChI is InChI=1S/C19H15N3O4/c1-25-18-15(10-14(11-20)19(23)24)22-9-5-8-16(17(22)21-18)26-12-13-6-3-2-4-7-13/h2-10H,12H2,1H3,(H,23,24). The number of carboxylic acid groups (broad SMARTS) is 1. The maximum atomic E-state index is 11.1. The Labute approximate surface area is 149 Å². The third kappa shape index (κ3) is 3.35. The number of rotatable bonds is 6. The van der Waals surface area contributed by atoms with Crippen LogP contribution in [0.3, 0.4) is 0 Å². The van der Waals surface area contributed by atoms with Crippen LogP contribution in [0.15, 0.2) is 54.2 Å². The molecular formula is C19H15N3O4. The van der Waals surface area contributed by atoms with Crippen molar-refractivity contribution in [2.24, 2.45) is 0 Å². The smallest absolute Gasteiger partial charge is 0.346 e. The number of imidazole rings is 1. The van der Waals surface area contributed by atoms with E-state index >= 15 is 0 Å². The van der Waals surface area contributed by atoms with Gasteiger partial charge in [0.15, 0.2) is 11.4 Å². The number of aromatic nitrogens is 2. The Bertz CT molecular complexity index is 1020. The zero-order valence-corrected chi connectivity index (χ0v) is 13.9. The average molecular weight is 349 g/mol. The van der Waals surface area contributed by atoms with E-state index in [9.17, 15) is 4.79 Å². The maximum Gasteiger partial charge on any atom is 0.346 e. The van der Waals surface area contributed by atoms with E-state index in [1.807, 2.05) is 30.3 Å². The molecule has 0 spiro atoms. The third-order valence-electron chi connectivity index (χ3n) is 3.68. The lowest BCUT2D eigenvalue weighted by atomic mass is 10.2. The van der Waals surface area contributed by atoms with Crippen LogP contribution >= 0.6 is 0 Å². The Morgan fingerprint density at radius 2 is 2.08 bits per heavy atom. The van der Waals surface area contributed by atoms with E-state index in [-0.39, 0.29) is 5.88 Å². The molecule has 130 valence electrons. The molecule has 7 heteroatoms. The highest BCUT2D eigenvalue weighted by Gasteiger charge is 2.17. The van der Waals surface area contributed by atoms with Crippen LogP contribution in [0, 0.1) is 11.3 Å². The van der Waals surface area contributed by atoms with Gasteiger partial charge in [0.05, 0.1) is 7.11 Å². The summed E-state index contributed by atoms with van der Waals surface area (Å²) in [4.78, 5) is 15.5. The van der Waals surface area contributed by atoms with Crippen molar-refractivity contribution in [3.05, 3.63) is 65.5 Å². The van der Waals surface area contributed by atoms with Crippen molar-refractivity contribution in [1.29, 1.82) is 5.26 Å². The highest BCUT2D eigenvalue weighted by Crippen LogP contribution is 2.28. The number of pyridine rings is 1. The molecule has 3 rings (SSSR count). The molecule has 0 radical (unpaired) electrons. The average Bonchev–Trinajstić information content (AvgIpc) is 3.03. The molecule has 0 aliphatic rings. The fraction of sp³-hybridized carbons (Fsp3) is 0.105. The van der Waals surface area contributed by atoms with Crippen LogP contribution < -0.4 is 9.47 Å². The Morgan fingerprint density at radius 1 is 1.31 bits per heavy atom. The van der Waals surface area contributed by atoms with Crippen LogP contribution in [0.4, 0.5) is 0 Å². The van der Waals surface area contributed by atoms with E-state index in [0.29, 0.717) is 23.7 Å². The van der Waals surface area contributed by atoms with Crippen LogP contribution in [0.25, 0.3) is 11.7 Å². The van der Waals surface area contributed by atoms with Crippen LogP contribution in [-0.4, -0.2) is 27.6 Å². The largest absolute Gasteiger partial charge is 0.485 e. The maximum absolute atomic E-state index is 11.1. The van der Waals surface area contributed by atoms with Gasteiger partial charge in [-0.05, 0) is 23.8 Å². The zero-order valence-electron chi connectivity index (χ0n) is 13.9. The highest BCUT2D eigenvalue weighted by molar-refractivity contribution is 5.96. The van der Waals surface area contributed by atoms with E-state index in [1.165, 1.54) is 13.2 Å². The molecule has 7 nitrogen and oxygen atoms in total. The number of benzene rings is 1. The van der Waals surface area contributed by atoms with Gasteiger partial charge in [0.2, 0.25) is 5.88 Å². The molecule has 0 unspecified atom stereocenters. The molecule has 26 heavy (non-hydrogen) atoms. The first-order chi connectivity index (χ1) is 12.6. The predicted octanol–water partition coefficient (Wildman–Crippen LogP) is 2.91. The van der Waals surface area contributed by atoms with Crippen LogP contribution in [-0.2, 0) is 11.4 Å². The number of carboxylic acids is 1. The number of hydrogen-bond acceptors (Lipinski definition) is 5. The molecular weight excluding hydrogens is 334 g/mol. The number of fused-ring (bicyclic) bond motifs is 1. The predicted molar refractivity (Wildman–Crippen MR) is 93.7 cm³/mol. The molecule has 0 amide bonds. The molecule has 0 saturated carbocycles. The van der Waals surface area contributed by atoms with E-state index in [2.05, 4.69) is 4.98 Å². The first-order valence-corrected chi connectivity index (χ1v) is 7.71. The molecule has 1 N–H and O–H groups in total. The Kier molecular flexibility index (Phi) is 4.85. The molecule has 0 saturated heterocycles. The van der Waals surface area contributed by atoms with Gasteiger partial charge in [-0.1, -0.05) is 30.3 Å². The van der Waals surface area contributed by atoms with Gasteiger partial charge < -0.3 is 14.6 Å². The quantitative estimate of drug-likeness (QED) is 0.543. The highest BCUT2D eigenvalue weighted by atomic mass is 16.5. The van der Waals surface area contributed by atoms with Crippen molar-refractivity contribution in [1.82, 2.24) is 9.38 Å². The lowest BCUT2D eigenvalue weighted by Crippen LogP contribution is -2.00. The number of nitriles is 1. The summed E-state index contributed by atoms with van der Waals surface area (Å²) in [5, 5.41) is 18.1. The Hall–Kier alpha value is -3.79. The fourth-order valence-electron chi connectivity index (χ4n) is 2.45. The Balaban J connectivity index is 2.03. The molecule has 0 aliphatic heterocycles. The summed E-state index contributed by atoms with van der Waals surface area (Å²) in [5.41, 5.74) is 1.41. The second-order valence-electron chi connectivity index (χ2n) is 5.32. The fourth-order valence-corrected chi connectivity index (χ4v) is 2.45. The van der Waals surface area contributed by atoms with Crippen molar-refractivity contribution in [2.45, 2.75) is 6.61 Å². The number of hydrogen-bond donors (Lipinski definition) is 1. The molecule has 3 aromatic rings. The molecule has 2 heterocycles. The minimum atomic E-state index is -1.32. The van der Waals surface area contributed by atoms with Crippen molar-refractivity contribution in [3.8, 4) is 17.7 Å². The van der Waals surface area contributed by atoms with Gasteiger partial charge in [0.25, 0.3) is 0 Å². The van der Waals surface area contributed by atoms with Crippen molar-refractivity contribution >= 4 is 17.7 Å². The second kappa shape index (κ2) is 7.40. The third-order valence-corrected chi connectivity index (χ3v) is 3.68. The van der Waals surface area contributed by atoms with Gasteiger partial charge in [-0.2, -0.15) is 10.2 Å². The monoisotopic (exact) mass is 349 g/mol. The first-order valence-electron chi connectivity index (χ1n) is 7.71. The summed E-state index contributed by atoms with van der Waals surface area (Å²) in [6.07, 6.45) is 2.92. The van der Waals surface area contributed by atoms with Gasteiger partial charge in [0.1, 0.15) is 23.9 Å². The van der Waals surface area contributed by atoms with Gasteiger partial charge >= 0.3 is 5.97 Å². The van der Waals surface area contributed by atoms with Gasteiger partial charge in [-0.15, -0.1) is 0 Å².